The first-order valence-electron chi connectivity index (χ1n) is 8.70. The second-order valence-electron chi connectivity index (χ2n) is 5.83. The zero-order valence-corrected chi connectivity index (χ0v) is 15.9. The van der Waals surface area contributed by atoms with Crippen molar-refractivity contribution in [3.63, 3.8) is 0 Å². The van der Waals surface area contributed by atoms with Gasteiger partial charge in [-0.15, -0.1) is 0 Å². The topological polar surface area (TPSA) is 18.5 Å². The van der Waals surface area contributed by atoms with E-state index in [9.17, 15) is 0 Å². The van der Waals surface area contributed by atoms with Gasteiger partial charge in [0.05, 0.1) is 0 Å². The van der Waals surface area contributed by atoms with Crippen LogP contribution in [0, 0.1) is 0 Å². The van der Waals surface area contributed by atoms with Gasteiger partial charge in [-0.05, 0) is 48.4 Å². The van der Waals surface area contributed by atoms with E-state index in [1.165, 1.54) is 24.4 Å². The van der Waals surface area contributed by atoms with E-state index in [2.05, 4.69) is 65.3 Å². The number of benzene rings is 2. The molecule has 0 aromatic heterocycles. The average Bonchev–Trinajstić information content (AvgIpc) is 2.61. The molecule has 2 aromatic carbocycles. The summed E-state index contributed by atoms with van der Waals surface area (Å²) in [7, 11) is 1.49. The maximum Gasteiger partial charge on any atom is 0.487 e. The van der Waals surface area contributed by atoms with E-state index in [4.69, 9.17) is 9.31 Å². The fourth-order valence-electron chi connectivity index (χ4n) is 2.43. The molecule has 127 valence electrons. The Bertz CT molecular complexity index is 586. The van der Waals surface area contributed by atoms with Crippen molar-refractivity contribution in [1.82, 2.24) is 0 Å². The second kappa shape index (κ2) is 11.5. The summed E-state index contributed by atoms with van der Waals surface area (Å²) < 4.78 is 11.7. The molecule has 0 aliphatic carbocycles. The van der Waals surface area contributed by atoms with Gasteiger partial charge in [-0.2, -0.15) is 0 Å². The third-order valence-corrected chi connectivity index (χ3v) is 4.56. The lowest BCUT2D eigenvalue weighted by atomic mass is 10.0. The van der Waals surface area contributed by atoms with Gasteiger partial charge in [0.25, 0.3) is 0 Å². The van der Waals surface area contributed by atoms with Gasteiger partial charge in [0.2, 0.25) is 0 Å². The third kappa shape index (κ3) is 6.80. The average molecular weight is 388 g/mol. The largest absolute Gasteiger partial charge is 0.487 e. The number of aryl methyl sites for hydroxylation is 1. The number of hydrogen-bond donors (Lipinski definition) is 0. The van der Waals surface area contributed by atoms with Crippen LogP contribution in [0.5, 0.6) is 0 Å². The van der Waals surface area contributed by atoms with Crippen molar-refractivity contribution in [2.75, 3.05) is 13.2 Å². The Hall–Kier alpha value is -1.10. The SMILES string of the molecule is CCCCO[B]OCCCCc1ccc(-c2ccccc2Br)cc1. The Morgan fingerprint density at radius 3 is 2.29 bits per heavy atom. The standard InChI is InChI=1S/C20H25BBrO2/c1-2-3-15-23-21-24-16-7-6-8-17-11-13-18(14-12-17)19-9-4-5-10-20(19)22/h4-5,9-14H,2-3,6-8,15-16H2,1H3. The van der Waals surface area contributed by atoms with Gasteiger partial charge in [-0.3, -0.25) is 0 Å². The summed E-state index contributed by atoms with van der Waals surface area (Å²) in [6.45, 7) is 3.62. The molecule has 1 radical (unpaired) electrons. The van der Waals surface area contributed by atoms with Gasteiger partial charge < -0.3 is 9.31 Å². The predicted octanol–water partition coefficient (Wildman–Crippen LogP) is 5.81. The normalized spacial score (nSPS) is 10.8. The van der Waals surface area contributed by atoms with Crippen molar-refractivity contribution in [2.24, 2.45) is 0 Å². The highest BCUT2D eigenvalue weighted by Gasteiger charge is 2.02. The minimum atomic E-state index is 0.723. The maximum absolute atomic E-state index is 5.36. The van der Waals surface area contributed by atoms with Crippen LogP contribution >= 0.6 is 15.9 Å². The van der Waals surface area contributed by atoms with Gasteiger partial charge in [-0.1, -0.05) is 71.7 Å². The zero-order valence-electron chi connectivity index (χ0n) is 14.3. The molecule has 0 amide bonds. The van der Waals surface area contributed by atoms with Crippen LogP contribution in [0.4, 0.5) is 0 Å². The van der Waals surface area contributed by atoms with E-state index in [1.54, 1.807) is 0 Å². The molecule has 0 fully saturated rings. The number of unbranched alkanes of at least 4 members (excludes halogenated alkanes) is 2. The van der Waals surface area contributed by atoms with Crippen molar-refractivity contribution >= 4 is 23.6 Å². The van der Waals surface area contributed by atoms with Gasteiger partial charge >= 0.3 is 7.69 Å². The molecule has 0 N–H and O–H groups in total. The van der Waals surface area contributed by atoms with Crippen LogP contribution in [-0.4, -0.2) is 20.9 Å². The van der Waals surface area contributed by atoms with Crippen molar-refractivity contribution < 1.29 is 9.31 Å². The molecular formula is C20H25BBrO2. The molecule has 0 unspecified atom stereocenters. The Morgan fingerprint density at radius 1 is 0.875 bits per heavy atom. The predicted molar refractivity (Wildman–Crippen MR) is 105 cm³/mol. The lowest BCUT2D eigenvalue weighted by molar-refractivity contribution is 0.215. The van der Waals surface area contributed by atoms with Crippen LogP contribution in [0.15, 0.2) is 53.0 Å². The highest BCUT2D eigenvalue weighted by Crippen LogP contribution is 2.28. The molecule has 4 heteroatoms. The van der Waals surface area contributed by atoms with E-state index in [0.717, 1.165) is 49.8 Å². The quantitative estimate of drug-likeness (QED) is 0.358. The Morgan fingerprint density at radius 2 is 1.58 bits per heavy atom. The lowest BCUT2D eigenvalue weighted by Gasteiger charge is -2.07. The maximum atomic E-state index is 5.36. The van der Waals surface area contributed by atoms with Gasteiger partial charge in [0.15, 0.2) is 0 Å². The third-order valence-electron chi connectivity index (χ3n) is 3.87. The molecule has 0 atom stereocenters. The smallest absolute Gasteiger partial charge is 0.413 e. The molecule has 2 rings (SSSR count). The summed E-state index contributed by atoms with van der Waals surface area (Å²) in [6, 6.07) is 17.1. The van der Waals surface area contributed by atoms with Crippen molar-refractivity contribution in [1.29, 1.82) is 0 Å². The van der Waals surface area contributed by atoms with Crippen LogP contribution in [-0.2, 0) is 15.7 Å². The van der Waals surface area contributed by atoms with Crippen LogP contribution in [0.1, 0.15) is 38.2 Å². The summed E-state index contributed by atoms with van der Waals surface area (Å²) in [4.78, 5) is 0. The minimum Gasteiger partial charge on any atom is -0.413 e. The van der Waals surface area contributed by atoms with Crippen molar-refractivity contribution in [3.8, 4) is 11.1 Å². The molecule has 0 heterocycles. The van der Waals surface area contributed by atoms with E-state index < -0.39 is 0 Å². The fourth-order valence-corrected chi connectivity index (χ4v) is 2.95. The molecule has 24 heavy (non-hydrogen) atoms. The monoisotopic (exact) mass is 387 g/mol. The first kappa shape index (κ1) is 19.2. The summed E-state index contributed by atoms with van der Waals surface area (Å²) in [5.41, 5.74) is 3.85. The van der Waals surface area contributed by atoms with Gasteiger partial charge in [0.1, 0.15) is 0 Å². The van der Waals surface area contributed by atoms with Crippen LogP contribution < -0.4 is 0 Å². The van der Waals surface area contributed by atoms with Gasteiger partial charge in [-0.25, -0.2) is 0 Å². The highest BCUT2D eigenvalue weighted by molar-refractivity contribution is 9.10. The highest BCUT2D eigenvalue weighted by atomic mass is 79.9. The zero-order chi connectivity index (χ0) is 17.0. The first-order chi connectivity index (χ1) is 11.8. The minimum absolute atomic E-state index is 0.723. The molecular weight excluding hydrogens is 363 g/mol. The number of rotatable bonds is 11. The fraction of sp³-hybridized carbons (Fsp3) is 0.400. The summed E-state index contributed by atoms with van der Waals surface area (Å²) in [5, 5.41) is 0. The second-order valence-corrected chi connectivity index (χ2v) is 6.68. The summed E-state index contributed by atoms with van der Waals surface area (Å²) in [5.74, 6) is 0. The van der Waals surface area contributed by atoms with Crippen LogP contribution in [0.25, 0.3) is 11.1 Å². The first-order valence-corrected chi connectivity index (χ1v) is 9.49. The van der Waals surface area contributed by atoms with Crippen molar-refractivity contribution in [3.05, 3.63) is 58.6 Å². The van der Waals surface area contributed by atoms with E-state index in [0.29, 0.717) is 0 Å². The number of hydrogen-bond acceptors (Lipinski definition) is 2. The molecule has 0 bridgehead atoms. The summed E-state index contributed by atoms with van der Waals surface area (Å²) in [6.07, 6.45) is 5.47. The number of halogens is 1. The molecule has 0 spiro atoms. The Labute approximate surface area is 155 Å². The van der Waals surface area contributed by atoms with Crippen LogP contribution in [0.2, 0.25) is 0 Å². The molecule has 0 aliphatic heterocycles. The molecule has 2 aromatic rings. The van der Waals surface area contributed by atoms with E-state index in [1.807, 2.05) is 6.07 Å². The Kier molecular flexibility index (Phi) is 9.18. The molecule has 0 saturated heterocycles. The molecule has 0 saturated carbocycles. The molecule has 2 nitrogen and oxygen atoms in total. The van der Waals surface area contributed by atoms with Gasteiger partial charge in [0, 0.05) is 17.7 Å². The molecule has 0 aliphatic rings. The van der Waals surface area contributed by atoms with Crippen molar-refractivity contribution in [2.45, 2.75) is 39.0 Å². The van der Waals surface area contributed by atoms with Crippen LogP contribution in [0.3, 0.4) is 0 Å². The van der Waals surface area contributed by atoms with E-state index in [-0.39, 0.29) is 0 Å². The summed E-state index contributed by atoms with van der Waals surface area (Å²) >= 11 is 3.61. The lowest BCUT2D eigenvalue weighted by Crippen LogP contribution is -2.07. The van der Waals surface area contributed by atoms with E-state index >= 15 is 0 Å². The Balaban J connectivity index is 1.65.